The second-order valence-electron chi connectivity index (χ2n) is 4.41. The average molecular weight is 306 g/mol. The first-order valence-electron chi connectivity index (χ1n) is 5.72. The summed E-state index contributed by atoms with van der Waals surface area (Å²) in [6, 6.07) is 8.32. The molecule has 0 bridgehead atoms. The molecule has 4 heteroatoms. The number of nitrogens with one attached hydrogen (secondary N) is 1. The van der Waals surface area contributed by atoms with Gasteiger partial charge in [-0.2, -0.15) is 0 Å². The summed E-state index contributed by atoms with van der Waals surface area (Å²) in [4.78, 5) is 6.25. The van der Waals surface area contributed by atoms with E-state index in [1.165, 1.54) is 11.3 Å². The predicted molar refractivity (Wildman–Crippen MR) is 80.7 cm³/mol. The van der Waals surface area contributed by atoms with Gasteiger partial charge in [0.2, 0.25) is 0 Å². The van der Waals surface area contributed by atoms with Crippen molar-refractivity contribution in [2.75, 3.05) is 24.3 Å². The van der Waals surface area contributed by atoms with E-state index in [4.69, 9.17) is 0 Å². The molecular formula is C14H16BrN3. The zero-order chi connectivity index (χ0) is 13.1. The van der Waals surface area contributed by atoms with Crippen LogP contribution in [-0.4, -0.2) is 19.1 Å². The number of halogens is 1. The Hall–Kier alpha value is -1.55. The van der Waals surface area contributed by atoms with Crippen molar-refractivity contribution in [3.05, 3.63) is 46.7 Å². The van der Waals surface area contributed by atoms with Crippen LogP contribution in [-0.2, 0) is 0 Å². The molecule has 3 nitrogen and oxygen atoms in total. The van der Waals surface area contributed by atoms with Gasteiger partial charge in [0.15, 0.2) is 0 Å². The second kappa shape index (κ2) is 5.40. The van der Waals surface area contributed by atoms with Gasteiger partial charge >= 0.3 is 0 Å². The Kier molecular flexibility index (Phi) is 3.87. The maximum atomic E-state index is 4.14. The molecule has 0 spiro atoms. The number of rotatable bonds is 3. The predicted octanol–water partition coefficient (Wildman–Crippen LogP) is 3.96. The Bertz CT molecular complexity index is 552. The van der Waals surface area contributed by atoms with E-state index in [1.54, 1.807) is 12.4 Å². The Morgan fingerprint density at radius 1 is 1.11 bits per heavy atom. The second-order valence-corrected chi connectivity index (χ2v) is 5.33. The van der Waals surface area contributed by atoms with Gasteiger partial charge in [-0.05, 0) is 46.6 Å². The van der Waals surface area contributed by atoms with Crippen molar-refractivity contribution in [1.82, 2.24) is 4.98 Å². The van der Waals surface area contributed by atoms with Crippen LogP contribution < -0.4 is 10.2 Å². The van der Waals surface area contributed by atoms with Gasteiger partial charge in [-0.1, -0.05) is 6.07 Å². The van der Waals surface area contributed by atoms with Gasteiger partial charge in [-0.25, -0.2) is 0 Å². The van der Waals surface area contributed by atoms with Crippen molar-refractivity contribution in [3.8, 4) is 0 Å². The molecule has 0 aliphatic carbocycles. The fraction of sp³-hybridized carbons (Fsp3) is 0.214. The van der Waals surface area contributed by atoms with Crippen molar-refractivity contribution in [2.45, 2.75) is 6.92 Å². The Labute approximate surface area is 116 Å². The summed E-state index contributed by atoms with van der Waals surface area (Å²) < 4.78 is 0.965. The summed E-state index contributed by atoms with van der Waals surface area (Å²) in [7, 11) is 4.10. The van der Waals surface area contributed by atoms with Crippen LogP contribution in [0.25, 0.3) is 0 Å². The Balaban J connectivity index is 2.27. The standard InChI is InChI=1S/C14H16BrN3/c1-10-4-5-12(7-14(10)18(2)3)17-13-6-11(15)8-16-9-13/h4-9,17H,1-3H3. The van der Waals surface area contributed by atoms with E-state index >= 15 is 0 Å². The minimum atomic E-state index is 0.965. The first kappa shape index (κ1) is 12.9. The highest BCUT2D eigenvalue weighted by Gasteiger charge is 2.03. The van der Waals surface area contributed by atoms with Crippen LogP contribution in [0.5, 0.6) is 0 Å². The number of pyridine rings is 1. The van der Waals surface area contributed by atoms with Crippen LogP contribution in [0.3, 0.4) is 0 Å². The monoisotopic (exact) mass is 305 g/mol. The molecule has 94 valence electrons. The summed E-state index contributed by atoms with van der Waals surface area (Å²) in [5.41, 5.74) is 4.50. The number of nitrogens with zero attached hydrogens (tertiary/aromatic N) is 2. The molecule has 18 heavy (non-hydrogen) atoms. The number of hydrogen-bond acceptors (Lipinski definition) is 3. The highest BCUT2D eigenvalue weighted by Crippen LogP contribution is 2.25. The van der Waals surface area contributed by atoms with Crippen molar-refractivity contribution in [3.63, 3.8) is 0 Å². The first-order valence-corrected chi connectivity index (χ1v) is 6.51. The van der Waals surface area contributed by atoms with Gasteiger partial charge in [0.25, 0.3) is 0 Å². The lowest BCUT2D eigenvalue weighted by molar-refractivity contribution is 1.11. The van der Waals surface area contributed by atoms with E-state index in [0.717, 1.165) is 15.8 Å². The van der Waals surface area contributed by atoms with E-state index in [9.17, 15) is 0 Å². The Morgan fingerprint density at radius 2 is 1.89 bits per heavy atom. The Morgan fingerprint density at radius 3 is 2.56 bits per heavy atom. The highest BCUT2D eigenvalue weighted by molar-refractivity contribution is 9.10. The number of hydrogen-bond donors (Lipinski definition) is 1. The van der Waals surface area contributed by atoms with Crippen molar-refractivity contribution in [2.24, 2.45) is 0 Å². The third kappa shape index (κ3) is 3.01. The summed E-state index contributed by atoms with van der Waals surface area (Å²) in [5.74, 6) is 0. The molecular weight excluding hydrogens is 290 g/mol. The van der Waals surface area contributed by atoms with E-state index in [-0.39, 0.29) is 0 Å². The van der Waals surface area contributed by atoms with Gasteiger partial charge in [0.1, 0.15) is 0 Å². The molecule has 0 unspecified atom stereocenters. The minimum absolute atomic E-state index is 0.965. The van der Waals surface area contributed by atoms with Crippen LogP contribution >= 0.6 is 15.9 Å². The van der Waals surface area contributed by atoms with Gasteiger partial charge < -0.3 is 10.2 Å². The summed E-state index contributed by atoms with van der Waals surface area (Å²) >= 11 is 3.41. The zero-order valence-corrected chi connectivity index (χ0v) is 12.3. The normalized spacial score (nSPS) is 10.2. The lowest BCUT2D eigenvalue weighted by Gasteiger charge is -2.17. The third-order valence-electron chi connectivity index (χ3n) is 2.68. The molecule has 0 aliphatic heterocycles. The van der Waals surface area contributed by atoms with Crippen LogP contribution in [0.15, 0.2) is 41.1 Å². The average Bonchev–Trinajstić information content (AvgIpc) is 2.31. The van der Waals surface area contributed by atoms with Crippen molar-refractivity contribution in [1.29, 1.82) is 0 Å². The van der Waals surface area contributed by atoms with Gasteiger partial charge in [-0.15, -0.1) is 0 Å². The summed E-state index contributed by atoms with van der Waals surface area (Å²) in [5, 5.41) is 3.35. The molecule has 1 N–H and O–H groups in total. The number of anilines is 3. The molecule has 0 aliphatic rings. The highest BCUT2D eigenvalue weighted by atomic mass is 79.9. The molecule has 1 aromatic carbocycles. The van der Waals surface area contributed by atoms with Crippen LogP contribution in [0, 0.1) is 6.92 Å². The molecule has 0 saturated heterocycles. The SMILES string of the molecule is Cc1ccc(Nc2cncc(Br)c2)cc1N(C)C. The first-order chi connectivity index (χ1) is 8.56. The van der Waals surface area contributed by atoms with Crippen molar-refractivity contribution < 1.29 is 0 Å². The van der Waals surface area contributed by atoms with Crippen LogP contribution in [0.1, 0.15) is 5.56 Å². The quantitative estimate of drug-likeness (QED) is 0.930. The molecule has 0 radical (unpaired) electrons. The fourth-order valence-electron chi connectivity index (χ4n) is 1.82. The van der Waals surface area contributed by atoms with Crippen LogP contribution in [0.4, 0.5) is 17.1 Å². The molecule has 0 atom stereocenters. The fourth-order valence-corrected chi connectivity index (χ4v) is 2.18. The van der Waals surface area contributed by atoms with Gasteiger partial charge in [0, 0.05) is 36.1 Å². The van der Waals surface area contributed by atoms with E-state index in [0.29, 0.717) is 0 Å². The topological polar surface area (TPSA) is 28.2 Å². The zero-order valence-electron chi connectivity index (χ0n) is 10.7. The summed E-state index contributed by atoms with van der Waals surface area (Å²) in [6.45, 7) is 2.11. The van der Waals surface area contributed by atoms with E-state index in [1.807, 2.05) is 20.2 Å². The van der Waals surface area contributed by atoms with Gasteiger partial charge in [-0.3, -0.25) is 4.98 Å². The van der Waals surface area contributed by atoms with Gasteiger partial charge in [0.05, 0.1) is 11.9 Å². The molecule has 1 aromatic heterocycles. The van der Waals surface area contributed by atoms with E-state index < -0.39 is 0 Å². The molecule has 2 rings (SSSR count). The molecule has 0 saturated carbocycles. The molecule has 1 heterocycles. The molecule has 0 amide bonds. The maximum absolute atomic E-state index is 4.14. The largest absolute Gasteiger partial charge is 0.377 e. The number of benzene rings is 1. The molecule has 0 fully saturated rings. The minimum Gasteiger partial charge on any atom is -0.377 e. The lowest BCUT2D eigenvalue weighted by Crippen LogP contribution is -2.10. The number of aryl methyl sites for hydroxylation is 1. The maximum Gasteiger partial charge on any atom is 0.0582 e. The number of aromatic nitrogens is 1. The van der Waals surface area contributed by atoms with E-state index in [2.05, 4.69) is 56.3 Å². The van der Waals surface area contributed by atoms with Crippen LogP contribution in [0.2, 0.25) is 0 Å². The summed E-state index contributed by atoms with van der Waals surface area (Å²) in [6.07, 6.45) is 3.57. The smallest absolute Gasteiger partial charge is 0.0582 e. The third-order valence-corrected chi connectivity index (χ3v) is 3.12. The lowest BCUT2D eigenvalue weighted by atomic mass is 10.1. The van der Waals surface area contributed by atoms with Crippen molar-refractivity contribution >= 4 is 33.0 Å². The molecule has 2 aromatic rings.